The van der Waals surface area contributed by atoms with Gasteiger partial charge in [0.15, 0.2) is 11.6 Å². The number of carboxylic acids is 1. The molecule has 3 nitrogen and oxygen atoms in total. The van der Waals surface area contributed by atoms with Crippen LogP contribution in [0.3, 0.4) is 0 Å². The molecule has 0 heterocycles. The van der Waals surface area contributed by atoms with Crippen molar-refractivity contribution in [3.05, 3.63) is 76.1 Å². The van der Waals surface area contributed by atoms with E-state index >= 15 is 0 Å². The minimum absolute atomic E-state index is 0.123. The third kappa shape index (κ3) is 5.48. The molecule has 4 heteroatoms. The standard InChI is InChI=1S/C28H33FO3/c1-6-19(26(31)32)13-18-7-9-20(10-8-18)25(21-11-12-24(30)23(29)14-21)22-15-27(2,3)17-28(4,5)16-22/h7-14,30H,6,15-17H2,1-5H3,(H,31,32). The van der Waals surface area contributed by atoms with E-state index in [-0.39, 0.29) is 16.6 Å². The van der Waals surface area contributed by atoms with Crippen LogP contribution in [0, 0.1) is 16.6 Å². The molecule has 2 N–H and O–H groups in total. The summed E-state index contributed by atoms with van der Waals surface area (Å²) in [6.07, 6.45) is 5.07. The van der Waals surface area contributed by atoms with Crippen LogP contribution in [0.5, 0.6) is 5.75 Å². The van der Waals surface area contributed by atoms with Crippen molar-refractivity contribution >= 4 is 17.6 Å². The highest BCUT2D eigenvalue weighted by Gasteiger charge is 2.37. The first kappa shape index (κ1) is 23.8. The van der Waals surface area contributed by atoms with Gasteiger partial charge in [0.1, 0.15) is 0 Å². The molecular weight excluding hydrogens is 403 g/mol. The summed E-state index contributed by atoms with van der Waals surface area (Å²) in [5, 5.41) is 19.0. The maximum Gasteiger partial charge on any atom is 0.331 e. The Bertz CT molecular complexity index is 1050. The topological polar surface area (TPSA) is 57.5 Å². The molecule has 1 aliphatic carbocycles. The number of halogens is 1. The molecule has 1 saturated carbocycles. The Balaban J connectivity index is 2.15. The van der Waals surface area contributed by atoms with E-state index in [9.17, 15) is 19.4 Å². The first-order valence-electron chi connectivity index (χ1n) is 11.2. The quantitative estimate of drug-likeness (QED) is 0.479. The number of phenolic OH excluding ortho intramolecular Hbond substituents is 1. The third-order valence-electron chi connectivity index (χ3n) is 6.13. The van der Waals surface area contributed by atoms with E-state index in [2.05, 4.69) is 27.7 Å². The largest absolute Gasteiger partial charge is 0.505 e. The summed E-state index contributed by atoms with van der Waals surface area (Å²) in [6, 6.07) is 12.3. The molecule has 0 aromatic heterocycles. The van der Waals surface area contributed by atoms with E-state index < -0.39 is 11.8 Å². The minimum Gasteiger partial charge on any atom is -0.505 e. The fourth-order valence-corrected chi connectivity index (χ4v) is 5.31. The minimum atomic E-state index is -0.911. The van der Waals surface area contributed by atoms with Gasteiger partial charge < -0.3 is 10.2 Å². The molecular formula is C28H33FO3. The van der Waals surface area contributed by atoms with Crippen molar-refractivity contribution < 1.29 is 19.4 Å². The Morgan fingerprint density at radius 2 is 1.56 bits per heavy atom. The maximum atomic E-state index is 14.3. The van der Waals surface area contributed by atoms with Gasteiger partial charge in [0.25, 0.3) is 0 Å². The maximum absolute atomic E-state index is 14.3. The second kappa shape index (κ2) is 8.93. The summed E-state index contributed by atoms with van der Waals surface area (Å²) in [5.74, 6) is -1.90. The first-order valence-corrected chi connectivity index (χ1v) is 11.2. The molecule has 0 spiro atoms. The zero-order valence-corrected chi connectivity index (χ0v) is 19.6. The van der Waals surface area contributed by atoms with Crippen molar-refractivity contribution in [3.63, 3.8) is 0 Å². The van der Waals surface area contributed by atoms with Gasteiger partial charge in [-0.2, -0.15) is 0 Å². The van der Waals surface area contributed by atoms with E-state index in [1.807, 2.05) is 31.2 Å². The second-order valence-corrected chi connectivity index (χ2v) is 10.5. The van der Waals surface area contributed by atoms with Crippen LogP contribution in [-0.4, -0.2) is 16.2 Å². The number of aliphatic carboxylic acids is 1. The molecule has 32 heavy (non-hydrogen) atoms. The number of aromatic hydroxyl groups is 1. The molecule has 2 aromatic carbocycles. The van der Waals surface area contributed by atoms with Gasteiger partial charge in [-0.3, -0.25) is 0 Å². The SMILES string of the molecule is CCC(=Cc1ccc(C(=C2CC(C)(C)CC(C)(C)C2)c2ccc(O)c(F)c2)cc1)C(=O)O. The van der Waals surface area contributed by atoms with Crippen LogP contribution < -0.4 is 0 Å². The zero-order chi connectivity index (χ0) is 23.7. The molecule has 0 bridgehead atoms. The van der Waals surface area contributed by atoms with Gasteiger partial charge >= 0.3 is 5.97 Å². The average Bonchev–Trinajstić information content (AvgIpc) is 2.67. The highest BCUT2D eigenvalue weighted by atomic mass is 19.1. The molecule has 0 radical (unpaired) electrons. The van der Waals surface area contributed by atoms with Crippen molar-refractivity contribution in [2.45, 2.75) is 60.3 Å². The van der Waals surface area contributed by atoms with Gasteiger partial charge in [-0.05, 0) is 77.0 Å². The van der Waals surface area contributed by atoms with E-state index in [4.69, 9.17) is 0 Å². The lowest BCUT2D eigenvalue weighted by molar-refractivity contribution is -0.132. The van der Waals surface area contributed by atoms with Crippen LogP contribution in [0.2, 0.25) is 0 Å². The number of carbonyl (C=O) groups is 1. The summed E-state index contributed by atoms with van der Waals surface area (Å²) >= 11 is 0. The lowest BCUT2D eigenvalue weighted by Gasteiger charge is -2.43. The van der Waals surface area contributed by atoms with E-state index in [1.54, 1.807) is 12.1 Å². The van der Waals surface area contributed by atoms with Crippen LogP contribution in [-0.2, 0) is 4.79 Å². The summed E-state index contributed by atoms with van der Waals surface area (Å²) in [4.78, 5) is 11.4. The van der Waals surface area contributed by atoms with Crippen molar-refractivity contribution in [1.82, 2.24) is 0 Å². The predicted octanol–water partition coefficient (Wildman–Crippen LogP) is 7.45. The number of allylic oxidation sites excluding steroid dienone is 1. The van der Waals surface area contributed by atoms with Crippen LogP contribution in [0.1, 0.15) is 77.0 Å². The summed E-state index contributed by atoms with van der Waals surface area (Å²) in [6.45, 7) is 10.9. The Morgan fingerprint density at radius 1 is 1.00 bits per heavy atom. The van der Waals surface area contributed by atoms with Crippen LogP contribution in [0.15, 0.2) is 53.6 Å². The van der Waals surface area contributed by atoms with Crippen LogP contribution in [0.4, 0.5) is 4.39 Å². The Kier molecular flexibility index (Phi) is 6.64. The van der Waals surface area contributed by atoms with Gasteiger partial charge in [0, 0.05) is 5.57 Å². The lowest BCUT2D eigenvalue weighted by atomic mass is 9.62. The van der Waals surface area contributed by atoms with E-state index in [0.717, 1.165) is 41.5 Å². The molecule has 0 unspecified atom stereocenters. The molecule has 0 aliphatic heterocycles. The highest BCUT2D eigenvalue weighted by Crippen LogP contribution is 2.51. The molecule has 3 rings (SSSR count). The molecule has 1 fully saturated rings. The van der Waals surface area contributed by atoms with Crippen molar-refractivity contribution in [1.29, 1.82) is 0 Å². The molecule has 0 atom stereocenters. The molecule has 1 aliphatic rings. The number of hydrogen-bond donors (Lipinski definition) is 2. The summed E-state index contributed by atoms with van der Waals surface area (Å²) in [5.41, 5.74) is 5.39. The van der Waals surface area contributed by atoms with Crippen LogP contribution >= 0.6 is 0 Å². The Hall–Kier alpha value is -2.88. The van der Waals surface area contributed by atoms with Crippen molar-refractivity contribution in [3.8, 4) is 5.75 Å². The first-order chi connectivity index (χ1) is 14.9. The summed E-state index contributed by atoms with van der Waals surface area (Å²) in [7, 11) is 0. The monoisotopic (exact) mass is 436 g/mol. The van der Waals surface area contributed by atoms with Gasteiger partial charge in [0.2, 0.25) is 0 Å². The molecule has 0 saturated heterocycles. The number of carboxylic acid groups (broad SMARTS) is 1. The normalized spacial score (nSPS) is 17.8. The van der Waals surface area contributed by atoms with Gasteiger partial charge in [-0.25, -0.2) is 9.18 Å². The predicted molar refractivity (Wildman–Crippen MR) is 128 cm³/mol. The highest BCUT2D eigenvalue weighted by molar-refractivity contribution is 5.92. The van der Waals surface area contributed by atoms with Gasteiger partial charge in [-0.15, -0.1) is 0 Å². The number of rotatable bonds is 5. The third-order valence-corrected chi connectivity index (χ3v) is 6.13. The second-order valence-electron chi connectivity index (χ2n) is 10.5. The average molecular weight is 437 g/mol. The molecule has 170 valence electrons. The zero-order valence-electron chi connectivity index (χ0n) is 19.6. The van der Waals surface area contributed by atoms with Gasteiger partial charge in [0.05, 0.1) is 0 Å². The fraction of sp³-hybridized carbons (Fsp3) is 0.393. The number of phenols is 1. The number of benzene rings is 2. The van der Waals surface area contributed by atoms with Crippen molar-refractivity contribution in [2.24, 2.45) is 10.8 Å². The van der Waals surface area contributed by atoms with Crippen molar-refractivity contribution in [2.75, 3.05) is 0 Å². The van der Waals surface area contributed by atoms with E-state index in [0.29, 0.717) is 12.0 Å². The van der Waals surface area contributed by atoms with Gasteiger partial charge in [-0.1, -0.05) is 70.5 Å². The van der Waals surface area contributed by atoms with Crippen LogP contribution in [0.25, 0.3) is 11.6 Å². The molecule has 0 amide bonds. The smallest absolute Gasteiger partial charge is 0.331 e. The molecule has 2 aromatic rings. The summed E-state index contributed by atoms with van der Waals surface area (Å²) < 4.78 is 14.3. The van der Waals surface area contributed by atoms with E-state index in [1.165, 1.54) is 17.7 Å². The Morgan fingerprint density at radius 3 is 2.06 bits per heavy atom. The number of hydrogen-bond acceptors (Lipinski definition) is 2. The fourth-order valence-electron chi connectivity index (χ4n) is 5.31. The lowest BCUT2D eigenvalue weighted by Crippen LogP contribution is -2.30. The Labute approximate surface area is 190 Å².